The van der Waals surface area contributed by atoms with Crippen molar-refractivity contribution in [1.29, 1.82) is 0 Å². The fourth-order valence-electron chi connectivity index (χ4n) is 7.01. The Balaban J connectivity index is 1.11. The molecule has 0 bridgehead atoms. The number of likely N-dealkylation sites (tertiary alicyclic amines) is 1. The Morgan fingerprint density at radius 2 is 1.62 bits per heavy atom. The number of hydrogen-bond acceptors (Lipinski definition) is 6. The predicted octanol–water partition coefficient (Wildman–Crippen LogP) is 3.24. The van der Waals surface area contributed by atoms with E-state index in [0.717, 1.165) is 44.2 Å². The van der Waals surface area contributed by atoms with Crippen LogP contribution in [0.5, 0.6) is 5.75 Å². The number of ketones is 1. The monoisotopic (exact) mass is 654 g/mol. The van der Waals surface area contributed by atoms with Crippen molar-refractivity contribution < 1.29 is 41.9 Å². The summed E-state index contributed by atoms with van der Waals surface area (Å²) < 4.78 is 44.5. The molecule has 4 amide bonds. The van der Waals surface area contributed by atoms with Crippen molar-refractivity contribution in [3.05, 3.63) is 54.1 Å². The maximum absolute atomic E-state index is 13.9. The summed E-state index contributed by atoms with van der Waals surface area (Å²) in [5.41, 5.74) is 0.528. The Bertz CT molecular complexity index is 1530. The Morgan fingerprint density at radius 3 is 2.23 bits per heavy atom. The van der Waals surface area contributed by atoms with Gasteiger partial charge in [-0.3, -0.25) is 24.0 Å². The van der Waals surface area contributed by atoms with E-state index in [0.29, 0.717) is 36.4 Å². The Hall–Kier alpha value is -4.42. The third kappa shape index (κ3) is 7.44. The van der Waals surface area contributed by atoms with Gasteiger partial charge in [0.1, 0.15) is 11.8 Å². The van der Waals surface area contributed by atoms with E-state index in [1.54, 1.807) is 24.3 Å². The second kappa shape index (κ2) is 13.4. The van der Waals surface area contributed by atoms with Crippen molar-refractivity contribution in [2.24, 2.45) is 17.8 Å². The van der Waals surface area contributed by atoms with Gasteiger partial charge in [0.05, 0.1) is 11.6 Å². The third-order valence-electron chi connectivity index (χ3n) is 9.69. The molecule has 10 nitrogen and oxygen atoms in total. The quantitative estimate of drug-likeness (QED) is 0.319. The minimum absolute atomic E-state index is 0.00512. The molecule has 4 aliphatic rings. The first kappa shape index (κ1) is 32.5. The van der Waals surface area contributed by atoms with E-state index in [4.69, 9.17) is 4.74 Å². The smallest absolute Gasteiger partial charge is 0.416 e. The second-order valence-electron chi connectivity index (χ2n) is 12.9. The largest absolute Gasteiger partial charge is 0.484 e. The number of nitrogens with zero attached hydrogens (tertiary/aromatic N) is 1. The molecule has 0 unspecified atom stereocenters. The summed E-state index contributed by atoms with van der Waals surface area (Å²) in [6, 6.07) is 9.30. The van der Waals surface area contributed by atoms with Gasteiger partial charge in [-0.2, -0.15) is 13.2 Å². The number of nitrogens with one attached hydrogen (secondary N) is 3. The molecule has 6 rings (SSSR count). The number of fused-ring (bicyclic) bond motifs is 1. The lowest BCUT2D eigenvalue weighted by Gasteiger charge is -2.29. The summed E-state index contributed by atoms with van der Waals surface area (Å²) in [7, 11) is 0. The van der Waals surface area contributed by atoms with E-state index in [1.807, 2.05) is 0 Å². The number of hydrogen-bond donors (Lipinski definition) is 3. The topological polar surface area (TPSA) is 134 Å². The molecule has 5 atom stereocenters. The first-order valence-corrected chi connectivity index (χ1v) is 16.1. The van der Waals surface area contributed by atoms with Gasteiger partial charge in [0, 0.05) is 25.0 Å². The van der Waals surface area contributed by atoms with Gasteiger partial charge in [0.25, 0.3) is 11.8 Å². The molecule has 2 heterocycles. The number of rotatable bonds is 11. The van der Waals surface area contributed by atoms with E-state index < -0.39 is 53.2 Å². The maximum atomic E-state index is 13.9. The summed E-state index contributed by atoms with van der Waals surface area (Å²) >= 11 is 0. The summed E-state index contributed by atoms with van der Waals surface area (Å²) in [5.74, 6) is -2.87. The van der Waals surface area contributed by atoms with Crippen LogP contribution in [-0.4, -0.2) is 72.1 Å². The molecule has 2 aliphatic heterocycles. The van der Waals surface area contributed by atoms with Crippen LogP contribution >= 0.6 is 0 Å². The Kier molecular flexibility index (Phi) is 9.25. The number of ether oxygens (including phenoxy) is 1. The van der Waals surface area contributed by atoms with Gasteiger partial charge in [-0.25, -0.2) is 0 Å². The van der Waals surface area contributed by atoms with Crippen molar-refractivity contribution in [1.82, 2.24) is 20.9 Å². The molecule has 47 heavy (non-hydrogen) atoms. The van der Waals surface area contributed by atoms with Gasteiger partial charge in [0.15, 0.2) is 6.61 Å². The lowest BCUT2D eigenvalue weighted by Crippen LogP contribution is -2.55. The van der Waals surface area contributed by atoms with Gasteiger partial charge >= 0.3 is 6.18 Å². The third-order valence-corrected chi connectivity index (χ3v) is 9.69. The van der Waals surface area contributed by atoms with Crippen LogP contribution in [0.2, 0.25) is 0 Å². The average molecular weight is 655 g/mol. The lowest BCUT2D eigenvalue weighted by molar-refractivity contribution is -0.144. The highest BCUT2D eigenvalue weighted by Gasteiger charge is 2.50. The van der Waals surface area contributed by atoms with Crippen LogP contribution in [0.4, 0.5) is 13.2 Å². The highest BCUT2D eigenvalue weighted by atomic mass is 19.4. The van der Waals surface area contributed by atoms with Gasteiger partial charge < -0.3 is 25.6 Å². The molecule has 2 saturated carbocycles. The van der Waals surface area contributed by atoms with Gasteiger partial charge in [-0.1, -0.05) is 30.7 Å². The minimum Gasteiger partial charge on any atom is -0.484 e. The molecule has 2 aliphatic carbocycles. The van der Waals surface area contributed by atoms with Crippen molar-refractivity contribution in [3.8, 4) is 16.9 Å². The Morgan fingerprint density at radius 1 is 0.936 bits per heavy atom. The van der Waals surface area contributed by atoms with Crippen LogP contribution < -0.4 is 20.7 Å². The molecule has 2 saturated heterocycles. The molecule has 2 aromatic carbocycles. The highest BCUT2D eigenvalue weighted by molar-refractivity contribution is 6.38. The van der Waals surface area contributed by atoms with E-state index in [9.17, 15) is 37.1 Å². The number of amides is 4. The number of carbonyl (C=O) groups is 5. The fraction of sp³-hybridized carbons (Fsp3) is 0.500. The highest BCUT2D eigenvalue weighted by Crippen LogP contribution is 2.42. The summed E-state index contributed by atoms with van der Waals surface area (Å²) in [4.78, 5) is 67.1. The Labute approximate surface area is 269 Å². The van der Waals surface area contributed by atoms with Crippen LogP contribution in [0.1, 0.15) is 50.5 Å². The van der Waals surface area contributed by atoms with Crippen molar-refractivity contribution in [3.63, 3.8) is 0 Å². The summed E-state index contributed by atoms with van der Waals surface area (Å²) in [6.45, 7) is 0.472. The molecular formula is C34H37F3N4O6. The molecule has 0 radical (unpaired) electrons. The standard InChI is InChI=1S/C34H37F3N4O6/c35-34(36,37)23-8-4-19(5-9-23)20-6-12-25(13-7-20)47-18-28(42)41-17-22-2-1-3-26(22)29(41)32(45)40-27(16-21-14-15-38-31(21)44)30(43)33(46)39-24-10-11-24/h4-9,12-13,21-22,24,26-27,29H,1-3,10-11,14-18H2,(H,38,44)(H,39,46)(H,40,45)/t21-,22-,26-,27-,29-/m0/s1. The molecular weight excluding hydrogens is 617 g/mol. The van der Waals surface area contributed by atoms with Crippen LogP contribution in [-0.2, 0) is 30.1 Å². The average Bonchev–Trinajstić information content (AvgIpc) is 3.40. The molecule has 0 aromatic heterocycles. The molecule has 3 N–H and O–H groups in total. The zero-order valence-corrected chi connectivity index (χ0v) is 25.7. The molecule has 250 valence electrons. The predicted molar refractivity (Wildman–Crippen MR) is 163 cm³/mol. The lowest BCUT2D eigenvalue weighted by atomic mass is 9.91. The molecule has 2 aromatic rings. The zero-order valence-electron chi connectivity index (χ0n) is 25.7. The number of Topliss-reactive ketones (excluding diaryl/α,β-unsaturated/α-hetero) is 1. The normalized spacial score (nSPS) is 24.3. The van der Waals surface area contributed by atoms with Crippen LogP contribution in [0.25, 0.3) is 11.1 Å². The number of benzene rings is 2. The fourth-order valence-corrected chi connectivity index (χ4v) is 7.01. The summed E-state index contributed by atoms with van der Waals surface area (Å²) in [6.07, 6.45) is 0.151. The van der Waals surface area contributed by atoms with Crippen molar-refractivity contribution in [2.75, 3.05) is 19.7 Å². The SMILES string of the molecule is O=C(NC1CC1)C(=O)[C@H](C[C@@H]1CCNC1=O)NC(=O)[C@@H]1[C@H]2CCC[C@H]2CN1C(=O)COc1ccc(-c2ccc(C(F)(F)F)cc2)cc1. The zero-order chi connectivity index (χ0) is 33.3. The minimum atomic E-state index is -4.42. The molecule has 4 fully saturated rings. The van der Waals surface area contributed by atoms with Crippen LogP contribution in [0.3, 0.4) is 0 Å². The van der Waals surface area contributed by atoms with Gasteiger partial charge in [-0.15, -0.1) is 0 Å². The van der Waals surface area contributed by atoms with Gasteiger partial charge in [-0.05, 0) is 85.8 Å². The van der Waals surface area contributed by atoms with Gasteiger partial charge in [0.2, 0.25) is 17.6 Å². The van der Waals surface area contributed by atoms with Crippen LogP contribution in [0.15, 0.2) is 48.5 Å². The first-order valence-electron chi connectivity index (χ1n) is 16.1. The van der Waals surface area contributed by atoms with E-state index in [-0.39, 0.29) is 36.8 Å². The maximum Gasteiger partial charge on any atom is 0.416 e. The van der Waals surface area contributed by atoms with E-state index in [2.05, 4.69) is 16.0 Å². The first-order chi connectivity index (χ1) is 22.5. The van der Waals surface area contributed by atoms with Crippen molar-refractivity contribution >= 4 is 29.4 Å². The van der Waals surface area contributed by atoms with E-state index in [1.165, 1.54) is 17.0 Å². The summed E-state index contributed by atoms with van der Waals surface area (Å²) in [5, 5.41) is 8.15. The number of carbonyl (C=O) groups excluding carboxylic acids is 5. The number of alkyl halides is 3. The van der Waals surface area contributed by atoms with Crippen molar-refractivity contribution in [2.45, 2.75) is 69.2 Å². The second-order valence-corrected chi connectivity index (χ2v) is 12.9. The number of halogens is 3. The van der Waals surface area contributed by atoms with Crippen LogP contribution in [0, 0.1) is 17.8 Å². The molecule has 0 spiro atoms. The van der Waals surface area contributed by atoms with E-state index >= 15 is 0 Å². The molecule has 13 heteroatoms.